The molecule has 1 aromatic rings. The Kier molecular flexibility index (Phi) is 4.09. The minimum Gasteiger partial charge on any atom is -0.476 e. The molecule has 0 radical (unpaired) electrons. The van der Waals surface area contributed by atoms with Gasteiger partial charge in [0.1, 0.15) is 0 Å². The zero-order chi connectivity index (χ0) is 12.3. The predicted molar refractivity (Wildman–Crippen MR) is 64.3 cm³/mol. The van der Waals surface area contributed by atoms with Crippen LogP contribution in [0.25, 0.3) is 0 Å². The van der Waals surface area contributed by atoms with Crippen LogP contribution in [0.4, 0.5) is 0 Å². The van der Waals surface area contributed by atoms with Gasteiger partial charge in [0.05, 0.1) is 12.3 Å². The van der Waals surface area contributed by atoms with Crippen LogP contribution < -0.4 is 0 Å². The van der Waals surface area contributed by atoms with Gasteiger partial charge in [-0.05, 0) is 18.9 Å². The Morgan fingerprint density at radius 2 is 2.59 bits per heavy atom. The molecule has 0 amide bonds. The summed E-state index contributed by atoms with van der Waals surface area (Å²) in [5.74, 6) is -0.350. The maximum atomic E-state index is 10.7. The molecule has 0 spiro atoms. The first-order valence-corrected chi connectivity index (χ1v) is 6.46. The first-order chi connectivity index (χ1) is 8.19. The van der Waals surface area contributed by atoms with E-state index in [-0.39, 0.29) is 5.01 Å². The lowest BCUT2D eigenvalue weighted by Crippen LogP contribution is -2.21. The first kappa shape index (κ1) is 12.5. The van der Waals surface area contributed by atoms with Crippen LogP contribution in [0.15, 0.2) is 5.38 Å². The Labute approximate surface area is 104 Å². The molecule has 1 saturated heterocycles. The normalized spacial score (nSPS) is 20.9. The molecule has 1 aliphatic heterocycles. The molecule has 2 rings (SSSR count). The molecule has 5 nitrogen and oxygen atoms in total. The van der Waals surface area contributed by atoms with E-state index in [2.05, 4.69) is 9.88 Å². The second-order valence-electron chi connectivity index (χ2n) is 4.29. The highest BCUT2D eigenvalue weighted by Crippen LogP contribution is 2.19. The molecule has 1 aromatic heterocycles. The van der Waals surface area contributed by atoms with Gasteiger partial charge in [-0.2, -0.15) is 0 Å². The quantitative estimate of drug-likeness (QED) is 0.860. The second kappa shape index (κ2) is 5.57. The number of nitrogens with zero attached hydrogens (tertiary/aromatic N) is 2. The molecule has 0 aliphatic carbocycles. The lowest BCUT2D eigenvalue weighted by atomic mass is 10.1. The largest absolute Gasteiger partial charge is 0.476 e. The molecule has 1 aliphatic rings. The molecular formula is C11H16N2O3S. The van der Waals surface area contributed by atoms with E-state index >= 15 is 0 Å². The highest BCUT2D eigenvalue weighted by molar-refractivity contribution is 7.11. The van der Waals surface area contributed by atoms with Crippen molar-refractivity contribution in [2.45, 2.75) is 13.0 Å². The fraction of sp³-hybridized carbons (Fsp3) is 0.636. The van der Waals surface area contributed by atoms with Gasteiger partial charge in [0.15, 0.2) is 0 Å². The number of aromatic carboxylic acids is 1. The molecule has 1 unspecified atom stereocenters. The minimum absolute atomic E-state index is 0.174. The SMILES string of the molecule is COCC1CCN(Cc2csc(C(=O)O)n2)C1. The van der Waals surface area contributed by atoms with Gasteiger partial charge in [0, 0.05) is 25.6 Å². The number of thiazole rings is 1. The lowest BCUT2D eigenvalue weighted by molar-refractivity contribution is 0.0696. The molecule has 6 heteroatoms. The second-order valence-corrected chi connectivity index (χ2v) is 5.15. The average Bonchev–Trinajstić information content (AvgIpc) is 2.89. The maximum Gasteiger partial charge on any atom is 0.365 e. The standard InChI is InChI=1S/C11H16N2O3S/c1-16-6-8-2-3-13(4-8)5-9-7-17-10(12-9)11(14)15/h7-8H,2-6H2,1H3,(H,14,15). The summed E-state index contributed by atoms with van der Waals surface area (Å²) < 4.78 is 5.14. The van der Waals surface area contributed by atoms with Gasteiger partial charge in [-0.25, -0.2) is 9.78 Å². The summed E-state index contributed by atoms with van der Waals surface area (Å²) in [6.45, 7) is 3.58. The summed E-state index contributed by atoms with van der Waals surface area (Å²) in [5.41, 5.74) is 0.852. The van der Waals surface area contributed by atoms with Crippen molar-refractivity contribution in [1.82, 2.24) is 9.88 Å². The van der Waals surface area contributed by atoms with Crippen molar-refractivity contribution in [2.24, 2.45) is 5.92 Å². The van der Waals surface area contributed by atoms with Gasteiger partial charge >= 0.3 is 5.97 Å². The smallest absolute Gasteiger partial charge is 0.365 e. The van der Waals surface area contributed by atoms with E-state index in [1.807, 2.05) is 5.38 Å². The summed E-state index contributed by atoms with van der Waals surface area (Å²) in [7, 11) is 1.72. The molecule has 1 fully saturated rings. The van der Waals surface area contributed by atoms with E-state index in [9.17, 15) is 4.79 Å². The molecular weight excluding hydrogens is 240 g/mol. The first-order valence-electron chi connectivity index (χ1n) is 5.58. The van der Waals surface area contributed by atoms with Gasteiger partial charge in [-0.1, -0.05) is 0 Å². The number of ether oxygens (including phenoxy) is 1. The van der Waals surface area contributed by atoms with E-state index in [0.29, 0.717) is 5.92 Å². The fourth-order valence-corrected chi connectivity index (χ4v) is 2.78. The summed E-state index contributed by atoms with van der Waals surface area (Å²) >= 11 is 1.19. The van der Waals surface area contributed by atoms with Gasteiger partial charge in [-0.3, -0.25) is 4.90 Å². The van der Waals surface area contributed by atoms with E-state index < -0.39 is 5.97 Å². The Balaban J connectivity index is 1.87. The van der Waals surface area contributed by atoms with Crippen LogP contribution in [-0.4, -0.2) is 47.8 Å². The Morgan fingerprint density at radius 1 is 1.76 bits per heavy atom. The minimum atomic E-state index is -0.945. The number of methoxy groups -OCH3 is 1. The van der Waals surface area contributed by atoms with E-state index in [1.165, 1.54) is 11.3 Å². The summed E-state index contributed by atoms with van der Waals surface area (Å²) in [6, 6.07) is 0. The number of carbonyl (C=O) groups is 1. The van der Waals surface area contributed by atoms with E-state index in [0.717, 1.165) is 38.4 Å². The van der Waals surface area contributed by atoms with Crippen LogP contribution in [0.3, 0.4) is 0 Å². The molecule has 0 saturated carbocycles. The van der Waals surface area contributed by atoms with E-state index in [1.54, 1.807) is 7.11 Å². The number of hydrogen-bond acceptors (Lipinski definition) is 5. The maximum absolute atomic E-state index is 10.7. The van der Waals surface area contributed by atoms with Crippen LogP contribution in [0.1, 0.15) is 21.9 Å². The monoisotopic (exact) mass is 256 g/mol. The van der Waals surface area contributed by atoms with Crippen molar-refractivity contribution in [3.63, 3.8) is 0 Å². The average molecular weight is 256 g/mol. The highest BCUT2D eigenvalue weighted by atomic mass is 32.1. The van der Waals surface area contributed by atoms with Crippen molar-refractivity contribution < 1.29 is 14.6 Å². The predicted octanol–water partition coefficient (Wildman–Crippen LogP) is 1.31. The molecule has 0 aromatic carbocycles. The third-order valence-electron chi connectivity index (χ3n) is 2.89. The van der Waals surface area contributed by atoms with Crippen molar-refractivity contribution in [3.05, 3.63) is 16.1 Å². The third kappa shape index (κ3) is 3.24. The fourth-order valence-electron chi connectivity index (χ4n) is 2.14. The van der Waals surface area contributed by atoms with Crippen LogP contribution in [0, 0.1) is 5.92 Å². The number of aromatic nitrogens is 1. The van der Waals surface area contributed by atoms with Crippen molar-refractivity contribution in [1.29, 1.82) is 0 Å². The van der Waals surface area contributed by atoms with Gasteiger partial charge < -0.3 is 9.84 Å². The van der Waals surface area contributed by atoms with Gasteiger partial charge in [0.2, 0.25) is 5.01 Å². The van der Waals surface area contributed by atoms with Crippen molar-refractivity contribution in [3.8, 4) is 0 Å². The topological polar surface area (TPSA) is 62.7 Å². The van der Waals surface area contributed by atoms with Gasteiger partial charge in [0.25, 0.3) is 0 Å². The number of rotatable bonds is 5. The zero-order valence-corrected chi connectivity index (χ0v) is 10.6. The Bertz CT molecular complexity index is 394. The zero-order valence-electron chi connectivity index (χ0n) is 9.76. The van der Waals surface area contributed by atoms with Crippen LogP contribution in [-0.2, 0) is 11.3 Å². The summed E-state index contributed by atoms with van der Waals surface area (Å²) in [6.07, 6.45) is 1.14. The lowest BCUT2D eigenvalue weighted by Gasteiger charge is -2.13. The third-order valence-corrected chi connectivity index (χ3v) is 3.77. The van der Waals surface area contributed by atoms with Crippen LogP contribution in [0.5, 0.6) is 0 Å². The van der Waals surface area contributed by atoms with Crippen molar-refractivity contribution >= 4 is 17.3 Å². The number of carboxylic acids is 1. The van der Waals surface area contributed by atoms with Crippen LogP contribution >= 0.6 is 11.3 Å². The molecule has 0 bridgehead atoms. The molecule has 1 atom stereocenters. The number of likely N-dealkylation sites (tertiary alicyclic amines) is 1. The molecule has 94 valence electrons. The van der Waals surface area contributed by atoms with E-state index in [4.69, 9.17) is 9.84 Å². The molecule has 17 heavy (non-hydrogen) atoms. The van der Waals surface area contributed by atoms with Gasteiger partial charge in [-0.15, -0.1) is 11.3 Å². The number of hydrogen-bond donors (Lipinski definition) is 1. The summed E-state index contributed by atoms with van der Waals surface area (Å²) in [5, 5.41) is 10.8. The Hall–Kier alpha value is -0.980. The number of carboxylic acid groups (broad SMARTS) is 1. The molecule has 1 N–H and O–H groups in total. The highest BCUT2D eigenvalue weighted by Gasteiger charge is 2.23. The summed E-state index contributed by atoms with van der Waals surface area (Å²) in [4.78, 5) is 17.1. The Morgan fingerprint density at radius 3 is 3.24 bits per heavy atom. The molecule has 2 heterocycles. The van der Waals surface area contributed by atoms with Crippen molar-refractivity contribution in [2.75, 3.05) is 26.8 Å². The van der Waals surface area contributed by atoms with Crippen LogP contribution in [0.2, 0.25) is 0 Å².